The van der Waals surface area contributed by atoms with Gasteiger partial charge in [0.1, 0.15) is 0 Å². The van der Waals surface area contributed by atoms with E-state index in [0.717, 1.165) is 18.7 Å². The van der Waals surface area contributed by atoms with Crippen LogP contribution in [0, 0.1) is 0 Å². The molecule has 0 bridgehead atoms. The number of anilines is 1. The van der Waals surface area contributed by atoms with Gasteiger partial charge in [-0.1, -0.05) is 12.1 Å². The molecule has 1 fully saturated rings. The molecule has 0 aliphatic carbocycles. The van der Waals surface area contributed by atoms with Crippen molar-refractivity contribution in [2.75, 3.05) is 18.5 Å². The van der Waals surface area contributed by atoms with Gasteiger partial charge < -0.3 is 10.2 Å². The molecule has 2 rings (SSSR count). The molecule has 1 heterocycles. The molecule has 1 N–H and O–H groups in total. The lowest BCUT2D eigenvalue weighted by Crippen LogP contribution is -2.23. The van der Waals surface area contributed by atoms with Crippen LogP contribution in [0.25, 0.3) is 0 Å². The predicted molar refractivity (Wildman–Crippen MR) is 65.5 cm³/mol. The van der Waals surface area contributed by atoms with Gasteiger partial charge in [0.15, 0.2) is 0 Å². The monoisotopic (exact) mass is 218 g/mol. The van der Waals surface area contributed by atoms with Crippen LogP contribution in [-0.2, 0) is 4.79 Å². The number of carbonyl (C=O) groups excluding carboxylic acids is 1. The summed E-state index contributed by atoms with van der Waals surface area (Å²) in [5.41, 5.74) is 2.27. The van der Waals surface area contributed by atoms with Crippen molar-refractivity contribution in [2.24, 2.45) is 0 Å². The molecule has 16 heavy (non-hydrogen) atoms. The SMILES string of the molecule is CNC(C)c1ccc(N2CCCC2=O)cc1. The number of hydrogen-bond acceptors (Lipinski definition) is 2. The van der Waals surface area contributed by atoms with Crippen molar-refractivity contribution in [2.45, 2.75) is 25.8 Å². The minimum absolute atomic E-state index is 0.245. The lowest BCUT2D eigenvalue weighted by molar-refractivity contribution is -0.117. The topological polar surface area (TPSA) is 32.3 Å². The van der Waals surface area contributed by atoms with Crippen molar-refractivity contribution in [1.82, 2.24) is 5.32 Å². The summed E-state index contributed by atoms with van der Waals surface area (Å²) in [6, 6.07) is 8.59. The molecule has 1 saturated heterocycles. The normalized spacial score (nSPS) is 17.9. The fourth-order valence-corrected chi connectivity index (χ4v) is 2.03. The van der Waals surface area contributed by atoms with Crippen LogP contribution in [0.2, 0.25) is 0 Å². The minimum atomic E-state index is 0.245. The van der Waals surface area contributed by atoms with Gasteiger partial charge in [0.25, 0.3) is 0 Å². The highest BCUT2D eigenvalue weighted by Gasteiger charge is 2.21. The third-order valence-electron chi connectivity index (χ3n) is 3.21. The van der Waals surface area contributed by atoms with Crippen molar-refractivity contribution in [3.05, 3.63) is 29.8 Å². The summed E-state index contributed by atoms with van der Waals surface area (Å²) in [6.07, 6.45) is 1.67. The quantitative estimate of drug-likeness (QED) is 0.842. The lowest BCUT2D eigenvalue weighted by atomic mass is 10.1. The van der Waals surface area contributed by atoms with Crippen LogP contribution in [0.1, 0.15) is 31.4 Å². The summed E-state index contributed by atoms with van der Waals surface area (Å²) < 4.78 is 0. The molecule has 1 amide bonds. The van der Waals surface area contributed by atoms with E-state index in [1.165, 1.54) is 5.56 Å². The standard InChI is InChI=1S/C13H18N2O/c1-10(14-2)11-5-7-12(8-6-11)15-9-3-4-13(15)16/h5-8,10,14H,3-4,9H2,1-2H3. The van der Waals surface area contributed by atoms with Crippen molar-refractivity contribution < 1.29 is 4.79 Å². The Hall–Kier alpha value is -1.35. The van der Waals surface area contributed by atoms with Crippen LogP contribution in [0.5, 0.6) is 0 Å². The van der Waals surface area contributed by atoms with Gasteiger partial charge >= 0.3 is 0 Å². The average molecular weight is 218 g/mol. The zero-order valence-corrected chi connectivity index (χ0v) is 9.86. The van der Waals surface area contributed by atoms with Gasteiger partial charge in [-0.15, -0.1) is 0 Å². The number of carbonyl (C=O) groups is 1. The average Bonchev–Trinajstić information content (AvgIpc) is 2.75. The Morgan fingerprint density at radius 1 is 1.31 bits per heavy atom. The lowest BCUT2D eigenvalue weighted by Gasteiger charge is -2.17. The number of nitrogens with one attached hydrogen (secondary N) is 1. The van der Waals surface area contributed by atoms with Crippen molar-refractivity contribution in [1.29, 1.82) is 0 Å². The molecule has 1 unspecified atom stereocenters. The molecule has 3 heteroatoms. The van der Waals surface area contributed by atoms with E-state index >= 15 is 0 Å². The Balaban J connectivity index is 2.15. The van der Waals surface area contributed by atoms with Gasteiger partial charge in [0.05, 0.1) is 0 Å². The Bertz CT molecular complexity index is 372. The van der Waals surface area contributed by atoms with Gasteiger partial charge in [-0.2, -0.15) is 0 Å². The van der Waals surface area contributed by atoms with Gasteiger partial charge in [0.2, 0.25) is 5.91 Å². The van der Waals surface area contributed by atoms with E-state index in [-0.39, 0.29) is 5.91 Å². The number of benzene rings is 1. The Kier molecular flexibility index (Phi) is 3.25. The van der Waals surface area contributed by atoms with E-state index in [0.29, 0.717) is 12.5 Å². The van der Waals surface area contributed by atoms with Crippen molar-refractivity contribution >= 4 is 11.6 Å². The fraction of sp³-hybridized carbons (Fsp3) is 0.462. The first kappa shape index (κ1) is 11.1. The van der Waals surface area contributed by atoms with Crippen LogP contribution in [0.4, 0.5) is 5.69 Å². The highest BCUT2D eigenvalue weighted by Crippen LogP contribution is 2.23. The van der Waals surface area contributed by atoms with E-state index in [4.69, 9.17) is 0 Å². The summed E-state index contributed by atoms with van der Waals surface area (Å²) in [6.45, 7) is 2.98. The Morgan fingerprint density at radius 2 is 2.00 bits per heavy atom. The molecule has 1 aliphatic heterocycles. The molecule has 1 aromatic carbocycles. The number of hydrogen-bond donors (Lipinski definition) is 1. The maximum absolute atomic E-state index is 11.6. The molecule has 1 atom stereocenters. The largest absolute Gasteiger partial charge is 0.313 e. The van der Waals surface area contributed by atoms with Crippen LogP contribution in [-0.4, -0.2) is 19.5 Å². The number of rotatable bonds is 3. The first-order valence-electron chi connectivity index (χ1n) is 5.80. The van der Waals surface area contributed by atoms with E-state index in [2.05, 4.69) is 24.4 Å². The molecule has 86 valence electrons. The molecular weight excluding hydrogens is 200 g/mol. The summed E-state index contributed by atoms with van der Waals surface area (Å²) in [5, 5.41) is 3.20. The smallest absolute Gasteiger partial charge is 0.227 e. The summed E-state index contributed by atoms with van der Waals surface area (Å²) in [4.78, 5) is 13.4. The first-order chi connectivity index (χ1) is 7.72. The molecule has 0 spiro atoms. The molecular formula is C13H18N2O. The molecule has 0 radical (unpaired) electrons. The van der Waals surface area contributed by atoms with Gasteiger partial charge in [-0.05, 0) is 38.1 Å². The van der Waals surface area contributed by atoms with E-state index in [1.807, 2.05) is 24.1 Å². The summed E-state index contributed by atoms with van der Waals surface area (Å²) in [7, 11) is 1.95. The van der Waals surface area contributed by atoms with E-state index < -0.39 is 0 Å². The number of nitrogens with zero attached hydrogens (tertiary/aromatic N) is 1. The maximum Gasteiger partial charge on any atom is 0.227 e. The maximum atomic E-state index is 11.6. The van der Waals surface area contributed by atoms with Crippen molar-refractivity contribution in [3.8, 4) is 0 Å². The van der Waals surface area contributed by atoms with Crippen LogP contribution in [0.15, 0.2) is 24.3 Å². The van der Waals surface area contributed by atoms with Gasteiger partial charge in [0, 0.05) is 24.7 Å². The molecule has 0 aromatic heterocycles. The highest BCUT2D eigenvalue weighted by molar-refractivity contribution is 5.95. The zero-order valence-electron chi connectivity index (χ0n) is 9.86. The second-order valence-corrected chi connectivity index (χ2v) is 4.25. The van der Waals surface area contributed by atoms with Crippen LogP contribution in [0.3, 0.4) is 0 Å². The third-order valence-corrected chi connectivity index (χ3v) is 3.21. The first-order valence-corrected chi connectivity index (χ1v) is 5.80. The molecule has 1 aromatic rings. The van der Waals surface area contributed by atoms with Gasteiger partial charge in [-0.25, -0.2) is 0 Å². The predicted octanol–water partition coefficient (Wildman–Crippen LogP) is 2.09. The third kappa shape index (κ3) is 2.09. The highest BCUT2D eigenvalue weighted by atomic mass is 16.2. The van der Waals surface area contributed by atoms with Crippen LogP contribution < -0.4 is 10.2 Å². The van der Waals surface area contributed by atoms with E-state index in [1.54, 1.807) is 0 Å². The molecule has 1 aliphatic rings. The Labute approximate surface area is 96.5 Å². The number of amides is 1. The van der Waals surface area contributed by atoms with Crippen LogP contribution >= 0.6 is 0 Å². The zero-order chi connectivity index (χ0) is 11.5. The minimum Gasteiger partial charge on any atom is -0.313 e. The van der Waals surface area contributed by atoms with Gasteiger partial charge in [-0.3, -0.25) is 4.79 Å². The second kappa shape index (κ2) is 4.66. The Morgan fingerprint density at radius 3 is 2.50 bits per heavy atom. The molecule has 3 nitrogen and oxygen atoms in total. The summed E-state index contributed by atoms with van der Waals surface area (Å²) in [5.74, 6) is 0.245. The van der Waals surface area contributed by atoms with E-state index in [9.17, 15) is 4.79 Å². The molecule has 0 saturated carbocycles. The summed E-state index contributed by atoms with van der Waals surface area (Å²) >= 11 is 0. The van der Waals surface area contributed by atoms with Crippen molar-refractivity contribution in [3.63, 3.8) is 0 Å². The second-order valence-electron chi connectivity index (χ2n) is 4.25. The fourth-order valence-electron chi connectivity index (χ4n) is 2.03.